The Morgan fingerprint density at radius 2 is 2.38 bits per heavy atom. The molecule has 3 heteroatoms. The number of alkyl halides is 1. The maximum absolute atomic E-state index is 10.3. The summed E-state index contributed by atoms with van der Waals surface area (Å²) in [4.78, 5) is 10.3. The third-order valence-electron chi connectivity index (χ3n) is 0.809. The molecule has 0 atom stereocenters. The van der Waals surface area contributed by atoms with Gasteiger partial charge >= 0.3 is 0 Å². The average Bonchev–Trinajstić information content (AvgIpc) is 1.69. The number of halogens is 1. The second-order valence-electron chi connectivity index (χ2n) is 1.31. The van der Waals surface area contributed by atoms with Gasteiger partial charge in [-0.05, 0) is 6.92 Å². The molecule has 0 aromatic carbocycles. The van der Waals surface area contributed by atoms with Crippen molar-refractivity contribution in [2.75, 3.05) is 5.33 Å². The summed E-state index contributed by atoms with van der Waals surface area (Å²) in [5, 5.41) is 0.541. The number of rotatable bonds is 2. The Hall–Kier alpha value is -0.310. The van der Waals surface area contributed by atoms with E-state index in [4.69, 9.17) is 5.73 Å². The lowest BCUT2D eigenvalue weighted by Gasteiger charge is -1.91. The fourth-order valence-corrected chi connectivity index (χ4v) is 0.885. The number of hydrogen-bond acceptors (Lipinski definition) is 1. The van der Waals surface area contributed by atoms with Crippen LogP contribution in [0.15, 0.2) is 11.6 Å². The Labute approximate surface area is 56.9 Å². The highest BCUT2D eigenvalue weighted by atomic mass is 79.9. The van der Waals surface area contributed by atoms with Crippen molar-refractivity contribution in [3.05, 3.63) is 11.6 Å². The normalized spacial score (nSPS) is 11.5. The van der Waals surface area contributed by atoms with Crippen LogP contribution in [0.4, 0.5) is 0 Å². The third-order valence-corrected chi connectivity index (χ3v) is 1.41. The number of hydrogen-bond donors (Lipinski definition) is 1. The maximum Gasteiger partial charge on any atom is 0.245 e. The summed E-state index contributed by atoms with van der Waals surface area (Å²) >= 11 is 3.11. The van der Waals surface area contributed by atoms with Crippen LogP contribution in [0.25, 0.3) is 0 Å². The Bertz CT molecular complexity index is 120. The van der Waals surface area contributed by atoms with Gasteiger partial charge in [0, 0.05) is 10.9 Å². The molecule has 0 radical (unpaired) electrons. The second-order valence-corrected chi connectivity index (χ2v) is 1.87. The molecule has 0 aliphatic rings. The van der Waals surface area contributed by atoms with E-state index in [0.717, 1.165) is 0 Å². The number of primary amides is 1. The molecule has 0 heterocycles. The summed E-state index contributed by atoms with van der Waals surface area (Å²) in [6.45, 7) is 1.78. The first-order chi connectivity index (χ1) is 3.72. The number of allylic oxidation sites excluding steroid dienone is 1. The molecule has 0 spiro atoms. The summed E-state index contributed by atoms with van der Waals surface area (Å²) in [5.74, 6) is -0.357. The van der Waals surface area contributed by atoms with E-state index in [-0.39, 0.29) is 5.91 Å². The predicted molar refractivity (Wildman–Crippen MR) is 36.7 cm³/mol. The molecule has 2 N–H and O–H groups in total. The first kappa shape index (κ1) is 7.69. The lowest BCUT2D eigenvalue weighted by molar-refractivity contribution is -0.114. The summed E-state index contributed by atoms with van der Waals surface area (Å²) < 4.78 is 0. The van der Waals surface area contributed by atoms with Crippen molar-refractivity contribution in [3.63, 3.8) is 0 Å². The summed E-state index contributed by atoms with van der Waals surface area (Å²) in [7, 11) is 0. The molecular formula is C5H8BrNO. The molecule has 0 saturated heterocycles. The molecule has 0 unspecified atom stereocenters. The zero-order valence-corrected chi connectivity index (χ0v) is 6.23. The Morgan fingerprint density at radius 3 is 2.38 bits per heavy atom. The first-order valence-corrected chi connectivity index (χ1v) is 3.35. The SMILES string of the molecule is C/C=C(\CBr)C(N)=O. The van der Waals surface area contributed by atoms with Crippen molar-refractivity contribution in [1.29, 1.82) is 0 Å². The standard InChI is InChI=1S/C5H8BrNO/c1-2-4(3-6)5(7)8/h2H,3H2,1H3,(H2,7,8)/b4-2+. The monoisotopic (exact) mass is 177 g/mol. The molecule has 46 valence electrons. The zero-order valence-electron chi connectivity index (χ0n) is 4.65. The van der Waals surface area contributed by atoms with Gasteiger partial charge in [-0.25, -0.2) is 0 Å². The summed E-state index contributed by atoms with van der Waals surface area (Å²) in [6.07, 6.45) is 1.69. The molecule has 0 aromatic heterocycles. The van der Waals surface area contributed by atoms with E-state index in [0.29, 0.717) is 10.9 Å². The van der Waals surface area contributed by atoms with E-state index >= 15 is 0 Å². The molecule has 8 heavy (non-hydrogen) atoms. The van der Waals surface area contributed by atoms with Crippen LogP contribution in [-0.2, 0) is 4.79 Å². The Kier molecular flexibility index (Phi) is 3.52. The van der Waals surface area contributed by atoms with Crippen molar-refractivity contribution in [3.8, 4) is 0 Å². The molecule has 0 aliphatic heterocycles. The van der Waals surface area contributed by atoms with Crippen LogP contribution >= 0.6 is 15.9 Å². The van der Waals surface area contributed by atoms with Crippen LogP contribution in [0.5, 0.6) is 0 Å². The summed E-state index contributed by atoms with van der Waals surface area (Å²) in [5.41, 5.74) is 5.54. The zero-order chi connectivity index (χ0) is 6.57. The molecule has 0 rings (SSSR count). The van der Waals surface area contributed by atoms with Crippen LogP contribution < -0.4 is 5.73 Å². The lowest BCUT2D eigenvalue weighted by Crippen LogP contribution is -2.14. The van der Waals surface area contributed by atoms with Crippen molar-refractivity contribution in [1.82, 2.24) is 0 Å². The lowest BCUT2D eigenvalue weighted by atomic mass is 10.3. The molecule has 0 saturated carbocycles. The first-order valence-electron chi connectivity index (χ1n) is 2.23. The molecule has 0 aliphatic carbocycles. The summed E-state index contributed by atoms with van der Waals surface area (Å²) in [6, 6.07) is 0. The smallest absolute Gasteiger partial charge is 0.245 e. The second kappa shape index (κ2) is 3.66. The predicted octanol–water partition coefficient (Wildman–Crippen LogP) is 0.813. The molecule has 0 bridgehead atoms. The van der Waals surface area contributed by atoms with E-state index in [1.807, 2.05) is 0 Å². The van der Waals surface area contributed by atoms with Crippen LogP contribution in [-0.4, -0.2) is 11.2 Å². The molecule has 0 fully saturated rings. The number of nitrogens with two attached hydrogens (primary N) is 1. The minimum Gasteiger partial charge on any atom is -0.366 e. The van der Waals surface area contributed by atoms with E-state index in [1.54, 1.807) is 13.0 Å². The highest BCUT2D eigenvalue weighted by Gasteiger charge is 1.97. The van der Waals surface area contributed by atoms with Gasteiger partial charge in [0.1, 0.15) is 0 Å². The number of carbonyl (C=O) groups is 1. The van der Waals surface area contributed by atoms with Gasteiger partial charge in [0.05, 0.1) is 0 Å². The fraction of sp³-hybridized carbons (Fsp3) is 0.400. The van der Waals surface area contributed by atoms with Gasteiger partial charge in [-0.3, -0.25) is 4.79 Å². The highest BCUT2D eigenvalue weighted by molar-refractivity contribution is 9.09. The Morgan fingerprint density at radius 1 is 1.88 bits per heavy atom. The van der Waals surface area contributed by atoms with Crippen LogP contribution in [0.1, 0.15) is 6.92 Å². The van der Waals surface area contributed by atoms with Gasteiger partial charge in [0.2, 0.25) is 5.91 Å². The Balaban J connectivity index is 3.92. The fourth-order valence-electron chi connectivity index (χ4n) is 0.285. The minimum absolute atomic E-state index is 0.357. The molecule has 1 amide bonds. The maximum atomic E-state index is 10.3. The van der Waals surface area contributed by atoms with E-state index < -0.39 is 0 Å². The van der Waals surface area contributed by atoms with Gasteiger partial charge in [-0.1, -0.05) is 22.0 Å². The van der Waals surface area contributed by atoms with Crippen LogP contribution in [0, 0.1) is 0 Å². The van der Waals surface area contributed by atoms with Crippen molar-refractivity contribution >= 4 is 21.8 Å². The van der Waals surface area contributed by atoms with E-state index in [1.165, 1.54) is 0 Å². The molecule has 2 nitrogen and oxygen atoms in total. The average molecular weight is 178 g/mol. The van der Waals surface area contributed by atoms with Crippen molar-refractivity contribution < 1.29 is 4.79 Å². The van der Waals surface area contributed by atoms with Gasteiger partial charge in [-0.2, -0.15) is 0 Å². The third kappa shape index (κ3) is 2.12. The minimum atomic E-state index is -0.357. The largest absolute Gasteiger partial charge is 0.366 e. The van der Waals surface area contributed by atoms with Crippen LogP contribution in [0.2, 0.25) is 0 Å². The van der Waals surface area contributed by atoms with Gasteiger partial charge in [0.25, 0.3) is 0 Å². The number of carbonyl (C=O) groups excluding carboxylic acids is 1. The van der Waals surface area contributed by atoms with Crippen LogP contribution in [0.3, 0.4) is 0 Å². The van der Waals surface area contributed by atoms with Crippen molar-refractivity contribution in [2.24, 2.45) is 5.73 Å². The molecule has 0 aromatic rings. The van der Waals surface area contributed by atoms with Gasteiger partial charge in [-0.15, -0.1) is 0 Å². The number of amides is 1. The van der Waals surface area contributed by atoms with E-state index in [2.05, 4.69) is 15.9 Å². The van der Waals surface area contributed by atoms with E-state index in [9.17, 15) is 4.79 Å². The van der Waals surface area contributed by atoms with Gasteiger partial charge < -0.3 is 5.73 Å². The topological polar surface area (TPSA) is 43.1 Å². The van der Waals surface area contributed by atoms with Gasteiger partial charge in [0.15, 0.2) is 0 Å². The quantitative estimate of drug-likeness (QED) is 0.493. The molecular weight excluding hydrogens is 170 g/mol. The highest BCUT2D eigenvalue weighted by Crippen LogP contribution is 1.96. The van der Waals surface area contributed by atoms with Crippen molar-refractivity contribution in [2.45, 2.75) is 6.92 Å².